The van der Waals surface area contributed by atoms with Gasteiger partial charge >= 0.3 is 24.0 Å². The molecule has 214 valence electrons. The molecule has 0 radical (unpaired) electrons. The average Bonchev–Trinajstić information content (AvgIpc) is 2.94. The first-order chi connectivity index (χ1) is 18.0. The second-order valence-corrected chi connectivity index (χ2v) is 9.03. The Kier molecular flexibility index (Phi) is 15.0. The van der Waals surface area contributed by atoms with Crippen molar-refractivity contribution in [1.29, 1.82) is 0 Å². The number of aliphatic carboxylic acids is 3. The van der Waals surface area contributed by atoms with Crippen LogP contribution < -0.4 is 0 Å². The van der Waals surface area contributed by atoms with E-state index in [1.165, 1.54) is 9.80 Å². The van der Waals surface area contributed by atoms with E-state index in [1.807, 2.05) is 49.9 Å². The highest BCUT2D eigenvalue weighted by Crippen LogP contribution is 2.17. The summed E-state index contributed by atoms with van der Waals surface area (Å²) in [5.74, 6) is -3.36. The molecule has 0 spiro atoms. The first-order valence-electron chi connectivity index (χ1n) is 12.9. The maximum Gasteiger partial charge on any atom is 0.407 e. The Balaban J connectivity index is 0.00000352. The van der Waals surface area contributed by atoms with Crippen molar-refractivity contribution in [2.24, 2.45) is 0 Å². The molecule has 38 heavy (non-hydrogen) atoms. The molecule has 1 amide bonds. The molecule has 0 bridgehead atoms. The summed E-state index contributed by atoms with van der Waals surface area (Å²) in [4.78, 5) is 52.3. The zero-order chi connectivity index (χ0) is 28.7. The molecule has 1 atom stereocenters. The number of benzene rings is 1. The van der Waals surface area contributed by atoms with Crippen LogP contribution in [0.25, 0.3) is 0 Å². The highest BCUT2D eigenvalue weighted by molar-refractivity contribution is 5.72. The minimum absolute atomic E-state index is 0.138. The van der Waals surface area contributed by atoms with Gasteiger partial charge in [0.1, 0.15) is 0 Å². The molecule has 12 nitrogen and oxygen atoms in total. The van der Waals surface area contributed by atoms with Crippen LogP contribution in [0.2, 0.25) is 0 Å². The van der Waals surface area contributed by atoms with Gasteiger partial charge in [0.05, 0.1) is 25.8 Å². The van der Waals surface area contributed by atoms with E-state index in [2.05, 4.69) is 0 Å². The maximum atomic E-state index is 11.7. The van der Waals surface area contributed by atoms with Crippen LogP contribution in [-0.2, 0) is 20.8 Å². The Morgan fingerprint density at radius 2 is 1.34 bits per heavy atom. The van der Waals surface area contributed by atoms with E-state index in [0.29, 0.717) is 32.4 Å². The summed E-state index contributed by atoms with van der Waals surface area (Å²) in [7, 11) is 0. The Hall–Kier alpha value is -3.22. The van der Waals surface area contributed by atoms with E-state index in [1.54, 1.807) is 4.90 Å². The predicted octanol–water partition coefficient (Wildman–Crippen LogP) is 1.82. The molecule has 0 saturated carbocycles. The van der Waals surface area contributed by atoms with Crippen LogP contribution in [0.3, 0.4) is 0 Å². The summed E-state index contributed by atoms with van der Waals surface area (Å²) in [6, 6.07) is 8.05. The van der Waals surface area contributed by atoms with Gasteiger partial charge in [0, 0.05) is 39.3 Å². The lowest BCUT2D eigenvalue weighted by Gasteiger charge is -2.39. The van der Waals surface area contributed by atoms with Crippen molar-refractivity contribution in [1.82, 2.24) is 19.6 Å². The number of rotatable bonds is 12. The molecular weight excluding hydrogens is 496 g/mol. The molecule has 1 aromatic carbocycles. The Morgan fingerprint density at radius 3 is 1.87 bits per heavy atom. The van der Waals surface area contributed by atoms with Gasteiger partial charge in [-0.3, -0.25) is 29.1 Å². The van der Waals surface area contributed by atoms with Crippen LogP contribution in [-0.4, -0.2) is 129 Å². The van der Waals surface area contributed by atoms with Crippen LogP contribution in [0.15, 0.2) is 24.3 Å². The molecule has 1 aliphatic rings. The van der Waals surface area contributed by atoms with Gasteiger partial charge in [0.15, 0.2) is 0 Å². The molecule has 2 rings (SSSR count). The number of nitrogens with zero attached hydrogens (tertiary/aromatic N) is 4. The van der Waals surface area contributed by atoms with Crippen LogP contribution >= 0.6 is 0 Å². The molecule has 1 unspecified atom stereocenters. The van der Waals surface area contributed by atoms with Crippen molar-refractivity contribution in [3.63, 3.8) is 0 Å². The summed E-state index contributed by atoms with van der Waals surface area (Å²) in [5.41, 5.74) is 2.24. The van der Waals surface area contributed by atoms with Crippen LogP contribution in [0.1, 0.15) is 37.8 Å². The van der Waals surface area contributed by atoms with E-state index in [0.717, 1.165) is 11.1 Å². The van der Waals surface area contributed by atoms with Crippen molar-refractivity contribution in [3.05, 3.63) is 35.4 Å². The summed E-state index contributed by atoms with van der Waals surface area (Å²) in [6.07, 6.45) is 0.117. The second-order valence-electron chi connectivity index (χ2n) is 9.03. The minimum atomic E-state index is -1.16. The highest BCUT2D eigenvalue weighted by atomic mass is 16.4. The van der Waals surface area contributed by atoms with Gasteiger partial charge in [0.25, 0.3) is 0 Å². The Morgan fingerprint density at radius 1 is 0.816 bits per heavy atom. The normalized spacial score (nSPS) is 15.9. The zero-order valence-corrected chi connectivity index (χ0v) is 22.6. The van der Waals surface area contributed by atoms with Gasteiger partial charge in [-0.15, -0.1) is 0 Å². The standard InChI is InChI=1S/C24H36N4O8.C2H6/c1-18-5-7-19(8-6-18)3-2-4-20(28(16-22(31)32)17-23(33)34)26-11-9-25(15-21(29)30)10-12-27(14-13-26)24(35)36;1-2/h5-8,20H,2-4,9-17H2,1H3,(H,29,30)(H,31,32)(H,33,34)(H,35,36);1-2H3. The van der Waals surface area contributed by atoms with Crippen LogP contribution in [0.4, 0.5) is 4.79 Å². The highest BCUT2D eigenvalue weighted by Gasteiger charge is 2.30. The molecule has 1 aromatic rings. The summed E-state index contributed by atoms with van der Waals surface area (Å²) < 4.78 is 0. The Labute approximate surface area is 224 Å². The van der Waals surface area contributed by atoms with Crippen molar-refractivity contribution >= 4 is 24.0 Å². The zero-order valence-electron chi connectivity index (χ0n) is 22.6. The topological polar surface area (TPSA) is 162 Å². The van der Waals surface area contributed by atoms with E-state index in [-0.39, 0.29) is 32.7 Å². The number of hydrogen-bond donors (Lipinski definition) is 4. The lowest BCUT2D eigenvalue weighted by molar-refractivity contribution is -0.145. The van der Waals surface area contributed by atoms with Gasteiger partial charge in [-0.2, -0.15) is 0 Å². The van der Waals surface area contributed by atoms with E-state index >= 15 is 0 Å². The smallest absolute Gasteiger partial charge is 0.407 e. The molecule has 4 N–H and O–H groups in total. The lowest BCUT2D eigenvalue weighted by atomic mass is 10.0. The quantitative estimate of drug-likeness (QED) is 0.307. The number of carbonyl (C=O) groups is 4. The fraction of sp³-hybridized carbons (Fsp3) is 0.615. The second kappa shape index (κ2) is 17.3. The van der Waals surface area contributed by atoms with Crippen molar-refractivity contribution in [2.75, 3.05) is 58.9 Å². The van der Waals surface area contributed by atoms with Gasteiger partial charge in [-0.1, -0.05) is 43.7 Å². The Bertz CT molecular complexity index is 880. The molecule has 12 heteroatoms. The fourth-order valence-electron chi connectivity index (χ4n) is 4.41. The summed E-state index contributed by atoms with van der Waals surface area (Å²) in [6.45, 7) is 6.21. The predicted molar refractivity (Wildman–Crippen MR) is 141 cm³/mol. The van der Waals surface area contributed by atoms with Gasteiger partial charge < -0.3 is 25.3 Å². The van der Waals surface area contributed by atoms with Crippen LogP contribution in [0.5, 0.6) is 0 Å². The van der Waals surface area contributed by atoms with Gasteiger partial charge in [-0.25, -0.2) is 4.79 Å². The van der Waals surface area contributed by atoms with E-state index in [9.17, 15) is 39.6 Å². The molecular formula is C26H42N4O8. The molecule has 0 aromatic heterocycles. The van der Waals surface area contributed by atoms with Crippen molar-refractivity contribution in [2.45, 2.75) is 46.2 Å². The third-order valence-electron chi connectivity index (χ3n) is 6.24. The third-order valence-corrected chi connectivity index (χ3v) is 6.24. The lowest BCUT2D eigenvalue weighted by Crippen LogP contribution is -2.54. The maximum absolute atomic E-state index is 11.7. The number of aryl methyl sites for hydroxylation is 2. The monoisotopic (exact) mass is 538 g/mol. The van der Waals surface area contributed by atoms with E-state index < -0.39 is 43.3 Å². The number of hydrogen-bond acceptors (Lipinski definition) is 7. The molecule has 0 aliphatic carbocycles. The fourth-order valence-corrected chi connectivity index (χ4v) is 4.41. The molecule has 1 heterocycles. The third kappa shape index (κ3) is 12.3. The average molecular weight is 539 g/mol. The van der Waals surface area contributed by atoms with Gasteiger partial charge in [0.2, 0.25) is 0 Å². The summed E-state index contributed by atoms with van der Waals surface area (Å²) in [5, 5.41) is 37.8. The van der Waals surface area contributed by atoms with Crippen molar-refractivity contribution in [3.8, 4) is 0 Å². The number of amides is 1. The SMILES string of the molecule is CC.Cc1ccc(CCCC(N2CCN(CC(=O)O)CCN(C(=O)O)CC2)N(CC(=O)O)CC(=O)O)cc1. The van der Waals surface area contributed by atoms with E-state index in [4.69, 9.17) is 0 Å². The largest absolute Gasteiger partial charge is 0.480 e. The molecule has 1 fully saturated rings. The van der Waals surface area contributed by atoms with Crippen molar-refractivity contribution < 1.29 is 39.6 Å². The summed E-state index contributed by atoms with van der Waals surface area (Å²) >= 11 is 0. The first-order valence-corrected chi connectivity index (χ1v) is 12.9. The minimum Gasteiger partial charge on any atom is -0.480 e. The molecule has 1 aliphatic heterocycles. The molecule has 1 saturated heterocycles. The first kappa shape index (κ1) is 32.8. The van der Waals surface area contributed by atoms with Gasteiger partial charge in [-0.05, 0) is 31.7 Å². The number of carboxylic acids is 3. The van der Waals surface area contributed by atoms with Crippen LogP contribution in [0, 0.1) is 6.92 Å². The number of carboxylic acid groups (broad SMARTS) is 4.